The van der Waals surface area contributed by atoms with Gasteiger partial charge in [-0.25, -0.2) is 0 Å². The first kappa shape index (κ1) is 11.5. The fraction of sp³-hybridized carbons (Fsp3) is 0.500. The number of hydrogen-bond donors (Lipinski definition) is 0. The largest absolute Gasteiger partial charge is 0.494 e. The topological polar surface area (TPSA) is 9.23 Å². The van der Waals surface area contributed by atoms with Crippen molar-refractivity contribution in [1.82, 2.24) is 0 Å². The summed E-state index contributed by atoms with van der Waals surface area (Å²) in [7, 11) is 1.10. The molecule has 0 N–H and O–H groups in total. The Kier molecular flexibility index (Phi) is 6.43. The van der Waals surface area contributed by atoms with Gasteiger partial charge in [-0.2, -0.15) is 0 Å². The van der Waals surface area contributed by atoms with Gasteiger partial charge in [0.2, 0.25) is 0 Å². The van der Waals surface area contributed by atoms with Crippen molar-refractivity contribution in [1.29, 1.82) is 0 Å². The summed E-state index contributed by atoms with van der Waals surface area (Å²) in [6.45, 7) is 3.12. The fourth-order valence-electron chi connectivity index (χ4n) is 1.29. The molecule has 0 aliphatic heterocycles. The second kappa shape index (κ2) is 7.82. The number of ether oxygens (including phenoxy) is 1. The normalized spacial score (nSPS) is 10.9. The van der Waals surface area contributed by atoms with Crippen molar-refractivity contribution < 1.29 is 4.74 Å². The van der Waals surface area contributed by atoms with Crippen molar-refractivity contribution in [3.8, 4) is 5.75 Å². The molecule has 0 spiro atoms. The highest BCUT2D eigenvalue weighted by Crippen LogP contribution is 2.10. The van der Waals surface area contributed by atoms with E-state index in [1.807, 2.05) is 30.3 Å². The van der Waals surface area contributed by atoms with Crippen molar-refractivity contribution in [2.45, 2.75) is 19.3 Å². The van der Waals surface area contributed by atoms with Gasteiger partial charge in [0.25, 0.3) is 0 Å². The fourth-order valence-corrected chi connectivity index (χ4v) is 1.89. The summed E-state index contributed by atoms with van der Waals surface area (Å²) in [4.78, 5) is 0. The van der Waals surface area contributed by atoms with Gasteiger partial charge in [0.1, 0.15) is 5.75 Å². The van der Waals surface area contributed by atoms with Crippen LogP contribution in [0.5, 0.6) is 5.75 Å². The third kappa shape index (κ3) is 5.24. The molecular formula is C12H19OP. The summed E-state index contributed by atoms with van der Waals surface area (Å²) >= 11 is 0. The molecule has 0 heterocycles. The highest BCUT2D eigenvalue weighted by molar-refractivity contribution is 7.36. The van der Waals surface area contributed by atoms with Gasteiger partial charge in [0, 0.05) is 0 Å². The molecule has 0 fully saturated rings. The first-order chi connectivity index (χ1) is 6.93. The Morgan fingerprint density at radius 2 is 1.86 bits per heavy atom. The summed E-state index contributed by atoms with van der Waals surface area (Å²) in [6.07, 6.45) is 5.21. The third-order valence-corrected chi connectivity index (χ3v) is 2.94. The molecule has 0 saturated heterocycles. The summed E-state index contributed by atoms with van der Waals surface area (Å²) in [6, 6.07) is 10.0. The first-order valence-electron chi connectivity index (χ1n) is 5.26. The second-order valence-corrected chi connectivity index (χ2v) is 4.53. The number of rotatable bonds is 7. The lowest BCUT2D eigenvalue weighted by atomic mass is 10.3. The quantitative estimate of drug-likeness (QED) is 0.494. The van der Waals surface area contributed by atoms with E-state index in [2.05, 4.69) is 6.66 Å². The Morgan fingerprint density at radius 1 is 1.07 bits per heavy atom. The van der Waals surface area contributed by atoms with Crippen LogP contribution in [0.1, 0.15) is 19.3 Å². The average molecular weight is 210 g/mol. The van der Waals surface area contributed by atoms with Crippen LogP contribution in [0.3, 0.4) is 0 Å². The predicted molar refractivity (Wildman–Crippen MR) is 64.9 cm³/mol. The molecule has 0 radical (unpaired) electrons. The van der Waals surface area contributed by atoms with Crippen molar-refractivity contribution in [3.05, 3.63) is 30.3 Å². The third-order valence-electron chi connectivity index (χ3n) is 2.08. The van der Waals surface area contributed by atoms with Gasteiger partial charge in [-0.05, 0) is 44.2 Å². The van der Waals surface area contributed by atoms with Crippen molar-refractivity contribution in [3.63, 3.8) is 0 Å². The first-order valence-corrected chi connectivity index (χ1v) is 6.96. The Morgan fingerprint density at radius 3 is 2.57 bits per heavy atom. The molecule has 1 atom stereocenters. The van der Waals surface area contributed by atoms with Gasteiger partial charge in [0.15, 0.2) is 0 Å². The van der Waals surface area contributed by atoms with Crippen LogP contribution in [0, 0.1) is 0 Å². The SMILES string of the molecule is CPCCCCCOc1ccccc1. The van der Waals surface area contributed by atoms with E-state index in [0.717, 1.165) is 20.9 Å². The molecule has 0 aromatic heterocycles. The number of benzene rings is 1. The van der Waals surface area contributed by atoms with Crippen LogP contribution in [0.4, 0.5) is 0 Å². The Hall–Kier alpha value is -0.550. The summed E-state index contributed by atoms with van der Waals surface area (Å²) in [5.41, 5.74) is 0. The van der Waals surface area contributed by atoms with Gasteiger partial charge in [-0.1, -0.05) is 18.2 Å². The molecule has 14 heavy (non-hydrogen) atoms. The number of hydrogen-bond acceptors (Lipinski definition) is 1. The van der Waals surface area contributed by atoms with E-state index in [1.54, 1.807) is 0 Å². The zero-order chi connectivity index (χ0) is 10.1. The zero-order valence-electron chi connectivity index (χ0n) is 8.83. The van der Waals surface area contributed by atoms with Gasteiger partial charge in [-0.15, -0.1) is 8.58 Å². The minimum atomic E-state index is 0.858. The van der Waals surface area contributed by atoms with E-state index in [4.69, 9.17) is 4.74 Å². The molecule has 0 saturated carbocycles. The monoisotopic (exact) mass is 210 g/mol. The summed E-state index contributed by atoms with van der Waals surface area (Å²) in [5, 5.41) is 0. The van der Waals surface area contributed by atoms with Crippen LogP contribution < -0.4 is 4.74 Å². The molecule has 0 amide bonds. The Bertz CT molecular complexity index is 223. The number of unbranched alkanes of at least 4 members (excludes halogenated alkanes) is 2. The van der Waals surface area contributed by atoms with E-state index in [0.29, 0.717) is 0 Å². The van der Waals surface area contributed by atoms with Gasteiger partial charge in [-0.3, -0.25) is 0 Å². The highest BCUT2D eigenvalue weighted by atomic mass is 31.1. The van der Waals surface area contributed by atoms with Crippen LogP contribution in [0.15, 0.2) is 30.3 Å². The molecule has 1 aromatic rings. The molecule has 1 rings (SSSR count). The Balaban J connectivity index is 1.99. The lowest BCUT2D eigenvalue weighted by Gasteiger charge is -2.05. The maximum absolute atomic E-state index is 5.59. The molecule has 1 unspecified atom stereocenters. The molecule has 78 valence electrons. The van der Waals surface area contributed by atoms with Crippen LogP contribution in [0.2, 0.25) is 0 Å². The molecule has 0 aliphatic rings. The smallest absolute Gasteiger partial charge is 0.119 e. The van der Waals surface area contributed by atoms with Gasteiger partial charge < -0.3 is 4.74 Å². The van der Waals surface area contributed by atoms with Crippen LogP contribution in [0.25, 0.3) is 0 Å². The molecule has 1 aromatic carbocycles. The van der Waals surface area contributed by atoms with E-state index in [9.17, 15) is 0 Å². The van der Waals surface area contributed by atoms with E-state index in [1.165, 1.54) is 25.4 Å². The lowest BCUT2D eigenvalue weighted by molar-refractivity contribution is 0.306. The zero-order valence-corrected chi connectivity index (χ0v) is 9.83. The van der Waals surface area contributed by atoms with E-state index < -0.39 is 0 Å². The molecule has 2 heteroatoms. The van der Waals surface area contributed by atoms with Crippen LogP contribution >= 0.6 is 8.58 Å². The van der Waals surface area contributed by atoms with Crippen LogP contribution in [-0.2, 0) is 0 Å². The van der Waals surface area contributed by atoms with Gasteiger partial charge >= 0.3 is 0 Å². The van der Waals surface area contributed by atoms with Crippen molar-refractivity contribution in [2.24, 2.45) is 0 Å². The molecule has 0 bridgehead atoms. The predicted octanol–water partition coefficient (Wildman–Crippen LogP) is 3.54. The van der Waals surface area contributed by atoms with Crippen molar-refractivity contribution in [2.75, 3.05) is 19.4 Å². The van der Waals surface area contributed by atoms with E-state index >= 15 is 0 Å². The molecule has 1 nitrogen and oxygen atoms in total. The van der Waals surface area contributed by atoms with Crippen LogP contribution in [-0.4, -0.2) is 19.4 Å². The van der Waals surface area contributed by atoms with Gasteiger partial charge in [0.05, 0.1) is 6.61 Å². The summed E-state index contributed by atoms with van der Waals surface area (Å²) < 4.78 is 5.59. The highest BCUT2D eigenvalue weighted by Gasteiger charge is 1.91. The molecule has 0 aliphatic carbocycles. The second-order valence-electron chi connectivity index (χ2n) is 3.33. The standard InChI is InChI=1S/C12H19OP/c1-14-11-7-3-6-10-13-12-8-4-2-5-9-12/h2,4-5,8-9,14H,3,6-7,10-11H2,1H3. The molecular weight excluding hydrogens is 191 g/mol. The maximum atomic E-state index is 5.59. The number of para-hydroxylation sites is 1. The maximum Gasteiger partial charge on any atom is 0.119 e. The Labute approximate surface area is 88.6 Å². The average Bonchev–Trinajstić information content (AvgIpc) is 2.25. The van der Waals surface area contributed by atoms with E-state index in [-0.39, 0.29) is 0 Å². The minimum absolute atomic E-state index is 0.858. The van der Waals surface area contributed by atoms with Crippen molar-refractivity contribution >= 4 is 8.58 Å². The minimum Gasteiger partial charge on any atom is -0.494 e. The lowest BCUT2D eigenvalue weighted by Crippen LogP contribution is -1.96. The summed E-state index contributed by atoms with van der Waals surface area (Å²) in [5.74, 6) is 0.991.